The number of hydrogen-bond donors (Lipinski definition) is 1. The van der Waals surface area contributed by atoms with Gasteiger partial charge in [0.05, 0.1) is 6.61 Å². The number of benzene rings is 1. The average Bonchev–Trinajstić information content (AvgIpc) is 2.31. The summed E-state index contributed by atoms with van der Waals surface area (Å²) in [6, 6.07) is 7.33. The van der Waals surface area contributed by atoms with Crippen LogP contribution < -0.4 is 4.18 Å². The second-order valence-corrected chi connectivity index (χ2v) is 3.54. The molecule has 4 nitrogen and oxygen atoms in total. The Morgan fingerprint density at radius 2 is 2.06 bits per heavy atom. The van der Waals surface area contributed by atoms with Crippen molar-refractivity contribution < 1.29 is 22.9 Å². The Kier molecular flexibility index (Phi) is 6.17. The Balaban J connectivity index is 2.09. The lowest BCUT2D eigenvalue weighted by atomic mass is 10.2. The molecule has 0 radical (unpaired) electrons. The average molecular weight is 248 g/mol. The van der Waals surface area contributed by atoms with Gasteiger partial charge < -0.3 is 9.29 Å². The third-order valence-corrected chi connectivity index (χ3v) is 2.09. The van der Waals surface area contributed by atoms with Gasteiger partial charge in [0, 0.05) is 0 Å². The smallest absolute Gasteiger partial charge is 0.258 e. The van der Waals surface area contributed by atoms with Crippen molar-refractivity contribution in [3.63, 3.8) is 0 Å². The maximum atomic E-state index is 12.4. The van der Waals surface area contributed by atoms with Gasteiger partial charge in [-0.1, -0.05) is 17.7 Å². The second-order valence-electron chi connectivity index (χ2n) is 3.10. The van der Waals surface area contributed by atoms with Crippen LogP contribution in [0.1, 0.15) is 5.56 Å². The van der Waals surface area contributed by atoms with Crippen molar-refractivity contribution in [1.82, 2.24) is 0 Å². The quantitative estimate of drug-likeness (QED) is 0.347. The first kappa shape index (κ1) is 13.2. The highest BCUT2D eigenvalue weighted by Crippen LogP contribution is 2.17. The number of alkyl halides is 1. The molecule has 0 fully saturated rings. The Labute approximate surface area is 97.7 Å². The van der Waals surface area contributed by atoms with E-state index in [-0.39, 0.29) is 6.61 Å². The standard InChI is InChI=1S/C10H13FO4S/c1-8-2-4-10(5-3-8)14-16-15-13-7-9(11)6-12/h2-5,9,12H,6-7H2,1H3. The highest BCUT2D eigenvalue weighted by atomic mass is 32.2. The number of aliphatic hydroxyl groups excluding tert-OH is 1. The first-order valence-corrected chi connectivity index (χ1v) is 5.33. The van der Waals surface area contributed by atoms with E-state index in [1.165, 1.54) is 0 Å². The van der Waals surface area contributed by atoms with Crippen molar-refractivity contribution >= 4 is 12.3 Å². The van der Waals surface area contributed by atoms with Gasteiger partial charge in [0.1, 0.15) is 18.5 Å². The third kappa shape index (κ3) is 5.32. The van der Waals surface area contributed by atoms with Gasteiger partial charge >= 0.3 is 0 Å². The van der Waals surface area contributed by atoms with Gasteiger partial charge in [0.2, 0.25) is 0 Å². The van der Waals surface area contributed by atoms with Crippen LogP contribution >= 0.6 is 12.3 Å². The lowest BCUT2D eigenvalue weighted by Crippen LogP contribution is -2.13. The highest BCUT2D eigenvalue weighted by Gasteiger charge is 2.05. The van der Waals surface area contributed by atoms with Gasteiger partial charge in [-0.05, 0) is 19.1 Å². The zero-order chi connectivity index (χ0) is 11.8. The summed E-state index contributed by atoms with van der Waals surface area (Å²) in [5, 5.41) is 8.35. The molecule has 0 bridgehead atoms. The summed E-state index contributed by atoms with van der Waals surface area (Å²) >= 11 is 0.594. The van der Waals surface area contributed by atoms with Crippen LogP contribution in [-0.4, -0.2) is 24.5 Å². The van der Waals surface area contributed by atoms with Gasteiger partial charge in [-0.3, -0.25) is 0 Å². The van der Waals surface area contributed by atoms with Crippen LogP contribution in [0.25, 0.3) is 0 Å². The molecule has 0 aliphatic rings. The van der Waals surface area contributed by atoms with Gasteiger partial charge in [-0.15, -0.1) is 4.33 Å². The normalized spacial score (nSPS) is 12.4. The molecule has 0 aliphatic carbocycles. The van der Waals surface area contributed by atoms with E-state index >= 15 is 0 Å². The minimum Gasteiger partial charge on any atom is -0.399 e. The minimum atomic E-state index is -1.44. The third-order valence-electron chi connectivity index (χ3n) is 1.67. The van der Waals surface area contributed by atoms with E-state index in [2.05, 4.69) is 9.22 Å². The molecule has 90 valence electrons. The fourth-order valence-electron chi connectivity index (χ4n) is 0.821. The molecule has 1 rings (SSSR count). The molecule has 1 atom stereocenters. The van der Waals surface area contributed by atoms with Crippen LogP contribution in [0.5, 0.6) is 5.75 Å². The van der Waals surface area contributed by atoms with Crippen molar-refractivity contribution in [3.8, 4) is 5.75 Å². The molecule has 1 aromatic carbocycles. The fraction of sp³-hybridized carbons (Fsp3) is 0.400. The second kappa shape index (κ2) is 7.45. The summed E-state index contributed by atoms with van der Waals surface area (Å²) in [5.41, 5.74) is 1.12. The maximum Gasteiger partial charge on any atom is 0.258 e. The molecule has 1 N–H and O–H groups in total. The highest BCUT2D eigenvalue weighted by molar-refractivity contribution is 7.90. The predicted octanol–water partition coefficient (Wildman–Crippen LogP) is 2.22. The van der Waals surface area contributed by atoms with Crippen LogP contribution in [0.3, 0.4) is 0 Å². The lowest BCUT2D eigenvalue weighted by molar-refractivity contribution is -0.208. The van der Waals surface area contributed by atoms with E-state index in [0.29, 0.717) is 18.1 Å². The van der Waals surface area contributed by atoms with E-state index in [0.717, 1.165) is 5.56 Å². The molecule has 0 saturated heterocycles. The van der Waals surface area contributed by atoms with E-state index in [1.807, 2.05) is 19.1 Å². The summed E-state index contributed by atoms with van der Waals surface area (Å²) in [4.78, 5) is 4.43. The van der Waals surface area contributed by atoms with E-state index < -0.39 is 12.8 Å². The first-order chi connectivity index (χ1) is 7.72. The molecule has 0 saturated carbocycles. The van der Waals surface area contributed by atoms with Crippen molar-refractivity contribution in [3.05, 3.63) is 29.8 Å². The monoisotopic (exact) mass is 248 g/mol. The largest absolute Gasteiger partial charge is 0.399 e. The van der Waals surface area contributed by atoms with Crippen molar-refractivity contribution in [2.24, 2.45) is 0 Å². The number of hydrogen-bond acceptors (Lipinski definition) is 5. The number of aryl methyl sites for hydroxylation is 1. The van der Waals surface area contributed by atoms with Crippen LogP contribution in [0.4, 0.5) is 4.39 Å². The molecule has 0 heterocycles. The maximum absolute atomic E-state index is 12.4. The Morgan fingerprint density at radius 1 is 1.38 bits per heavy atom. The molecule has 16 heavy (non-hydrogen) atoms. The first-order valence-electron chi connectivity index (χ1n) is 4.67. The molecular formula is C10H13FO4S. The van der Waals surface area contributed by atoms with Crippen LogP contribution in [-0.2, 0) is 9.22 Å². The number of halogens is 1. The molecule has 1 aromatic rings. The predicted molar refractivity (Wildman–Crippen MR) is 58.4 cm³/mol. The van der Waals surface area contributed by atoms with Gasteiger partial charge in [-0.2, -0.15) is 0 Å². The Morgan fingerprint density at radius 3 is 2.69 bits per heavy atom. The molecule has 6 heteroatoms. The van der Waals surface area contributed by atoms with Crippen molar-refractivity contribution in [2.75, 3.05) is 13.2 Å². The van der Waals surface area contributed by atoms with Crippen LogP contribution in [0, 0.1) is 6.92 Å². The molecule has 0 spiro atoms. The van der Waals surface area contributed by atoms with E-state index in [4.69, 9.17) is 9.29 Å². The fourth-order valence-corrected chi connectivity index (χ4v) is 1.13. The Hall–Kier alpha value is -0.820. The summed E-state index contributed by atoms with van der Waals surface area (Å²) in [5.74, 6) is 0.609. The summed E-state index contributed by atoms with van der Waals surface area (Å²) in [6.45, 7) is 1.04. The SMILES string of the molecule is Cc1ccc(OSOOCC(F)CO)cc1. The molecule has 1 unspecified atom stereocenters. The zero-order valence-electron chi connectivity index (χ0n) is 8.76. The van der Waals surface area contributed by atoms with E-state index in [1.54, 1.807) is 12.1 Å². The topological polar surface area (TPSA) is 47.9 Å². The van der Waals surface area contributed by atoms with Gasteiger partial charge in [-0.25, -0.2) is 9.28 Å². The number of rotatable bonds is 7. The molecule has 0 amide bonds. The van der Waals surface area contributed by atoms with Crippen molar-refractivity contribution in [1.29, 1.82) is 0 Å². The summed E-state index contributed by atoms with van der Waals surface area (Å²) < 4.78 is 22.0. The summed E-state index contributed by atoms with van der Waals surface area (Å²) in [6.07, 6.45) is -1.44. The lowest BCUT2D eigenvalue weighted by Gasteiger charge is -2.05. The zero-order valence-corrected chi connectivity index (χ0v) is 9.58. The minimum absolute atomic E-state index is 0.333. The van der Waals surface area contributed by atoms with Crippen LogP contribution in [0.2, 0.25) is 0 Å². The Bertz CT molecular complexity index is 293. The molecule has 0 aromatic heterocycles. The van der Waals surface area contributed by atoms with Gasteiger partial charge in [0.25, 0.3) is 12.3 Å². The van der Waals surface area contributed by atoms with Gasteiger partial charge in [0.15, 0.2) is 0 Å². The molecule has 0 aliphatic heterocycles. The van der Waals surface area contributed by atoms with E-state index in [9.17, 15) is 4.39 Å². The van der Waals surface area contributed by atoms with Crippen molar-refractivity contribution in [2.45, 2.75) is 13.1 Å². The molecular weight excluding hydrogens is 235 g/mol. The summed E-state index contributed by atoms with van der Waals surface area (Å²) in [7, 11) is 0. The van der Waals surface area contributed by atoms with Crippen LogP contribution in [0.15, 0.2) is 24.3 Å². The number of aliphatic hydroxyl groups is 1.